The molecular weight excluding hydrogens is 420 g/mol. The summed E-state index contributed by atoms with van der Waals surface area (Å²) in [6.45, 7) is 14.4. The molecular formula is C30H42N2O2. The molecule has 0 radical (unpaired) electrons. The minimum atomic E-state index is -0.00501. The van der Waals surface area contributed by atoms with Gasteiger partial charge in [0, 0.05) is 24.2 Å². The first-order valence-corrected chi connectivity index (χ1v) is 12.7. The first-order chi connectivity index (χ1) is 15.9. The zero-order chi connectivity index (χ0) is 24.9. The van der Waals surface area contributed by atoms with Crippen molar-refractivity contribution in [2.75, 3.05) is 13.1 Å². The van der Waals surface area contributed by atoms with Gasteiger partial charge in [0.15, 0.2) is 0 Å². The van der Waals surface area contributed by atoms with Crippen molar-refractivity contribution in [3.63, 3.8) is 0 Å². The van der Waals surface area contributed by atoms with E-state index in [1.54, 1.807) is 0 Å². The summed E-state index contributed by atoms with van der Waals surface area (Å²) in [5.74, 6) is 0.906. The van der Waals surface area contributed by atoms with Gasteiger partial charge in [-0.2, -0.15) is 0 Å². The van der Waals surface area contributed by atoms with E-state index in [1.807, 2.05) is 48.5 Å². The molecule has 2 amide bonds. The van der Waals surface area contributed by atoms with E-state index in [4.69, 9.17) is 0 Å². The van der Waals surface area contributed by atoms with Crippen LogP contribution in [0.5, 0.6) is 0 Å². The lowest BCUT2D eigenvalue weighted by molar-refractivity contribution is 0.0935. The largest absolute Gasteiger partial charge is 0.352 e. The van der Waals surface area contributed by atoms with Crippen LogP contribution < -0.4 is 10.6 Å². The van der Waals surface area contributed by atoms with Gasteiger partial charge in [-0.25, -0.2) is 0 Å². The fraction of sp³-hybridized carbons (Fsp3) is 0.533. The molecule has 1 saturated carbocycles. The van der Waals surface area contributed by atoms with Gasteiger partial charge < -0.3 is 10.6 Å². The SMILES string of the molecule is CC(C)(C)c1ccc(C(=O)NCC2CCCC(CNC(=O)c3ccc(C(C)(C)C)cc3)C2)cc1. The van der Waals surface area contributed by atoms with Crippen molar-refractivity contribution < 1.29 is 9.59 Å². The molecule has 184 valence electrons. The topological polar surface area (TPSA) is 58.2 Å². The number of hydrogen-bond acceptors (Lipinski definition) is 2. The average Bonchev–Trinajstić information content (AvgIpc) is 2.80. The van der Waals surface area contributed by atoms with Crippen molar-refractivity contribution in [2.24, 2.45) is 11.8 Å². The van der Waals surface area contributed by atoms with Gasteiger partial charge in [0.25, 0.3) is 11.8 Å². The molecule has 2 aromatic rings. The Balaban J connectivity index is 1.45. The number of carbonyl (C=O) groups is 2. The van der Waals surface area contributed by atoms with E-state index < -0.39 is 0 Å². The highest BCUT2D eigenvalue weighted by Crippen LogP contribution is 2.29. The van der Waals surface area contributed by atoms with Crippen LogP contribution in [0, 0.1) is 11.8 Å². The summed E-state index contributed by atoms with van der Waals surface area (Å²) in [5.41, 5.74) is 4.04. The van der Waals surface area contributed by atoms with Crippen LogP contribution in [0.1, 0.15) is 99.1 Å². The molecule has 0 saturated heterocycles. The van der Waals surface area contributed by atoms with Crippen molar-refractivity contribution in [3.8, 4) is 0 Å². The summed E-state index contributed by atoms with van der Waals surface area (Å²) in [5, 5.41) is 6.26. The highest BCUT2D eigenvalue weighted by atomic mass is 16.2. The second-order valence-electron chi connectivity index (χ2n) is 12.0. The minimum Gasteiger partial charge on any atom is -0.352 e. The van der Waals surface area contributed by atoms with Crippen LogP contribution in [0.3, 0.4) is 0 Å². The Kier molecular flexibility index (Phi) is 8.22. The molecule has 0 bridgehead atoms. The lowest BCUT2D eigenvalue weighted by Gasteiger charge is -2.29. The molecule has 2 N–H and O–H groups in total. The predicted molar refractivity (Wildman–Crippen MR) is 140 cm³/mol. The van der Waals surface area contributed by atoms with E-state index in [9.17, 15) is 9.59 Å². The van der Waals surface area contributed by atoms with Gasteiger partial charge in [0.1, 0.15) is 0 Å². The molecule has 0 aliphatic heterocycles. The molecule has 1 aliphatic rings. The van der Waals surface area contributed by atoms with Gasteiger partial charge in [-0.15, -0.1) is 0 Å². The summed E-state index contributed by atoms with van der Waals surface area (Å²) >= 11 is 0. The zero-order valence-electron chi connectivity index (χ0n) is 21.8. The molecule has 2 aromatic carbocycles. The third-order valence-corrected chi connectivity index (χ3v) is 7.02. The van der Waals surface area contributed by atoms with E-state index in [0.717, 1.165) is 25.7 Å². The maximum atomic E-state index is 12.6. The van der Waals surface area contributed by atoms with Crippen LogP contribution >= 0.6 is 0 Å². The first kappa shape index (κ1) is 26.0. The Morgan fingerprint density at radius 2 is 1.03 bits per heavy atom. The second-order valence-corrected chi connectivity index (χ2v) is 12.0. The predicted octanol–water partition coefficient (Wildman–Crippen LogP) is 6.25. The summed E-state index contributed by atoms with van der Waals surface area (Å²) in [6, 6.07) is 15.9. The fourth-order valence-corrected chi connectivity index (χ4v) is 4.69. The fourth-order valence-electron chi connectivity index (χ4n) is 4.69. The van der Waals surface area contributed by atoms with Crippen LogP contribution in [0.4, 0.5) is 0 Å². The number of carbonyl (C=O) groups excluding carboxylic acids is 2. The molecule has 0 spiro atoms. The van der Waals surface area contributed by atoms with Gasteiger partial charge in [0.2, 0.25) is 0 Å². The van der Waals surface area contributed by atoms with Gasteiger partial charge >= 0.3 is 0 Å². The Labute approximate surface area is 205 Å². The highest BCUT2D eigenvalue weighted by molar-refractivity contribution is 5.94. The lowest BCUT2D eigenvalue weighted by Crippen LogP contribution is -2.35. The molecule has 2 unspecified atom stereocenters. The number of nitrogens with one attached hydrogen (secondary N) is 2. The Bertz CT molecular complexity index is 883. The van der Waals surface area contributed by atoms with E-state index in [-0.39, 0.29) is 22.6 Å². The van der Waals surface area contributed by atoms with Crippen LogP contribution in [0.15, 0.2) is 48.5 Å². The smallest absolute Gasteiger partial charge is 0.251 e. The van der Waals surface area contributed by atoms with Gasteiger partial charge in [-0.3, -0.25) is 9.59 Å². The molecule has 4 nitrogen and oxygen atoms in total. The Hall–Kier alpha value is -2.62. The molecule has 2 atom stereocenters. The first-order valence-electron chi connectivity index (χ1n) is 12.7. The van der Waals surface area contributed by atoms with Crippen molar-refractivity contribution in [2.45, 2.75) is 78.1 Å². The Morgan fingerprint density at radius 3 is 1.35 bits per heavy atom. The molecule has 0 heterocycles. The van der Waals surface area contributed by atoms with E-state index in [0.29, 0.717) is 36.1 Å². The van der Waals surface area contributed by atoms with Crippen molar-refractivity contribution >= 4 is 11.8 Å². The highest BCUT2D eigenvalue weighted by Gasteiger charge is 2.23. The number of hydrogen-bond donors (Lipinski definition) is 2. The maximum absolute atomic E-state index is 12.6. The van der Waals surface area contributed by atoms with Crippen molar-refractivity contribution in [1.82, 2.24) is 10.6 Å². The standard InChI is InChI=1S/C30H42N2O2/c1-29(2,3)25-14-10-23(11-15-25)27(33)31-19-21-8-7-9-22(18-21)20-32-28(34)24-12-16-26(17-13-24)30(4,5)6/h10-17,21-22H,7-9,18-20H2,1-6H3,(H,31,33)(H,32,34). The molecule has 1 fully saturated rings. The van der Waals surface area contributed by atoms with Crippen molar-refractivity contribution in [1.29, 1.82) is 0 Å². The molecule has 1 aliphatic carbocycles. The van der Waals surface area contributed by atoms with Gasteiger partial charge in [-0.05, 0) is 77.3 Å². The van der Waals surface area contributed by atoms with Crippen LogP contribution in [0.25, 0.3) is 0 Å². The van der Waals surface area contributed by atoms with E-state index in [1.165, 1.54) is 11.1 Å². The maximum Gasteiger partial charge on any atom is 0.251 e. The summed E-state index contributed by atoms with van der Waals surface area (Å²) in [7, 11) is 0. The third kappa shape index (κ3) is 7.19. The van der Waals surface area contributed by atoms with Gasteiger partial charge in [0.05, 0.1) is 0 Å². The third-order valence-electron chi connectivity index (χ3n) is 7.02. The van der Waals surface area contributed by atoms with Crippen LogP contribution in [-0.2, 0) is 10.8 Å². The van der Waals surface area contributed by atoms with E-state index >= 15 is 0 Å². The summed E-state index contributed by atoms with van der Waals surface area (Å²) in [6.07, 6.45) is 4.43. The normalized spacial score (nSPS) is 18.9. The minimum absolute atomic E-state index is 0.00501. The molecule has 0 aromatic heterocycles. The van der Waals surface area contributed by atoms with Crippen LogP contribution in [0.2, 0.25) is 0 Å². The molecule has 34 heavy (non-hydrogen) atoms. The van der Waals surface area contributed by atoms with Crippen LogP contribution in [-0.4, -0.2) is 24.9 Å². The zero-order valence-corrected chi connectivity index (χ0v) is 21.8. The second kappa shape index (κ2) is 10.8. The average molecular weight is 463 g/mol. The Morgan fingerprint density at radius 1 is 0.676 bits per heavy atom. The monoisotopic (exact) mass is 462 g/mol. The lowest BCUT2D eigenvalue weighted by atomic mass is 9.81. The molecule has 3 rings (SSSR count). The number of amides is 2. The summed E-state index contributed by atoms with van der Waals surface area (Å²) in [4.78, 5) is 25.2. The van der Waals surface area contributed by atoms with Gasteiger partial charge in [-0.1, -0.05) is 72.2 Å². The molecule has 4 heteroatoms. The number of benzene rings is 2. The van der Waals surface area contributed by atoms with Crippen molar-refractivity contribution in [3.05, 3.63) is 70.8 Å². The summed E-state index contributed by atoms with van der Waals surface area (Å²) < 4.78 is 0. The number of rotatable bonds is 6. The van der Waals surface area contributed by atoms with E-state index in [2.05, 4.69) is 52.2 Å². The quantitative estimate of drug-likeness (QED) is 0.533.